The van der Waals surface area contributed by atoms with E-state index in [2.05, 4.69) is 15.1 Å². The molecule has 5 heteroatoms. The van der Waals surface area contributed by atoms with Crippen molar-refractivity contribution in [2.75, 3.05) is 40.8 Å². The summed E-state index contributed by atoms with van der Waals surface area (Å²) in [7, 11) is 6.13. The Morgan fingerprint density at radius 1 is 1.35 bits per heavy atom. The second-order valence-corrected chi connectivity index (χ2v) is 5.22. The maximum atomic E-state index is 11.7. The molecule has 0 aliphatic heterocycles. The minimum Gasteiger partial charge on any atom is -0.353 e. The summed E-state index contributed by atoms with van der Waals surface area (Å²) in [5.74, 6) is 0.139. The second-order valence-electron chi connectivity index (χ2n) is 5.22. The zero-order valence-corrected chi connectivity index (χ0v) is 11.3. The van der Waals surface area contributed by atoms with E-state index in [1.807, 2.05) is 21.1 Å². The zero-order chi connectivity index (χ0) is 12.8. The molecule has 0 radical (unpaired) electrons. The summed E-state index contributed by atoms with van der Waals surface area (Å²) in [5.41, 5.74) is 5.74. The Hall–Kier alpha value is -0.650. The summed E-state index contributed by atoms with van der Waals surface area (Å²) < 4.78 is 0. The molecule has 0 spiro atoms. The van der Waals surface area contributed by atoms with E-state index in [-0.39, 0.29) is 11.9 Å². The number of carbonyl (C=O) groups excluding carboxylic acids is 1. The predicted octanol–water partition coefficient (Wildman–Crippen LogP) is -0.524. The molecule has 5 nitrogen and oxygen atoms in total. The van der Waals surface area contributed by atoms with E-state index in [9.17, 15) is 4.79 Å². The second kappa shape index (κ2) is 6.93. The molecule has 1 aliphatic carbocycles. The molecule has 1 aliphatic rings. The van der Waals surface area contributed by atoms with Crippen LogP contribution in [0.25, 0.3) is 0 Å². The fraction of sp³-hybridized carbons (Fsp3) is 0.917. The Kier molecular flexibility index (Phi) is 5.88. The van der Waals surface area contributed by atoms with Crippen molar-refractivity contribution < 1.29 is 4.79 Å². The molecular formula is C12H26N4O. The topological polar surface area (TPSA) is 61.6 Å². The van der Waals surface area contributed by atoms with E-state index in [0.717, 1.165) is 25.9 Å². The van der Waals surface area contributed by atoms with Gasteiger partial charge in [0.15, 0.2) is 0 Å². The number of nitrogens with zero attached hydrogens (tertiary/aromatic N) is 2. The van der Waals surface area contributed by atoms with Gasteiger partial charge in [0.05, 0.1) is 0 Å². The largest absolute Gasteiger partial charge is 0.353 e. The van der Waals surface area contributed by atoms with Crippen molar-refractivity contribution in [2.45, 2.75) is 31.3 Å². The lowest BCUT2D eigenvalue weighted by Gasteiger charge is -2.27. The van der Waals surface area contributed by atoms with Crippen molar-refractivity contribution in [2.24, 2.45) is 5.73 Å². The lowest BCUT2D eigenvalue weighted by atomic mass is 10.1. The van der Waals surface area contributed by atoms with Crippen LogP contribution >= 0.6 is 0 Å². The van der Waals surface area contributed by atoms with Gasteiger partial charge in [-0.05, 0) is 34.0 Å². The summed E-state index contributed by atoms with van der Waals surface area (Å²) in [4.78, 5) is 16.0. The lowest BCUT2D eigenvalue weighted by Crippen LogP contribution is -2.44. The van der Waals surface area contributed by atoms with E-state index in [1.54, 1.807) is 0 Å². The van der Waals surface area contributed by atoms with Crippen LogP contribution in [-0.4, -0.2) is 68.6 Å². The molecule has 0 bridgehead atoms. The highest BCUT2D eigenvalue weighted by Gasteiger charge is 2.25. The molecule has 17 heavy (non-hydrogen) atoms. The van der Waals surface area contributed by atoms with E-state index >= 15 is 0 Å². The van der Waals surface area contributed by atoms with Crippen LogP contribution in [0.2, 0.25) is 0 Å². The Balaban J connectivity index is 2.26. The minimum absolute atomic E-state index is 0.139. The van der Waals surface area contributed by atoms with Crippen LogP contribution in [0.5, 0.6) is 0 Å². The Labute approximate surface area is 104 Å². The molecule has 0 aromatic heterocycles. The molecule has 3 N–H and O–H groups in total. The van der Waals surface area contributed by atoms with E-state index < -0.39 is 0 Å². The zero-order valence-electron chi connectivity index (χ0n) is 11.3. The summed E-state index contributed by atoms with van der Waals surface area (Å²) in [6.07, 6.45) is 2.78. The number of nitrogens with two attached hydrogens (primary N) is 1. The molecule has 1 rings (SSSR count). The van der Waals surface area contributed by atoms with Crippen molar-refractivity contribution in [1.29, 1.82) is 0 Å². The first-order chi connectivity index (χ1) is 8.02. The van der Waals surface area contributed by atoms with Crippen LogP contribution in [-0.2, 0) is 4.79 Å². The van der Waals surface area contributed by atoms with Crippen molar-refractivity contribution in [1.82, 2.24) is 15.1 Å². The molecule has 0 saturated heterocycles. The highest BCUT2D eigenvalue weighted by Crippen LogP contribution is 2.18. The van der Waals surface area contributed by atoms with Crippen LogP contribution in [0.1, 0.15) is 19.3 Å². The third-order valence-corrected chi connectivity index (χ3v) is 3.16. The van der Waals surface area contributed by atoms with E-state index in [4.69, 9.17) is 5.73 Å². The average Bonchev–Trinajstić information content (AvgIpc) is 3.06. The number of rotatable bonds is 8. The van der Waals surface area contributed by atoms with Gasteiger partial charge in [0.25, 0.3) is 0 Å². The summed E-state index contributed by atoms with van der Waals surface area (Å²) in [6, 6.07) is 0.585. The predicted molar refractivity (Wildman–Crippen MR) is 69.8 cm³/mol. The number of likely N-dealkylation sites (N-methyl/N-ethyl adjacent to an activating group) is 2. The Morgan fingerprint density at radius 2 is 2.00 bits per heavy atom. The van der Waals surface area contributed by atoms with Crippen LogP contribution < -0.4 is 11.1 Å². The fourth-order valence-electron chi connectivity index (χ4n) is 1.69. The minimum atomic E-state index is 0.139. The first-order valence-electron chi connectivity index (χ1n) is 6.37. The number of carbonyl (C=O) groups is 1. The molecule has 0 heterocycles. The monoisotopic (exact) mass is 242 g/mol. The molecular weight excluding hydrogens is 216 g/mol. The van der Waals surface area contributed by atoms with E-state index in [1.165, 1.54) is 0 Å². The molecule has 1 atom stereocenters. The van der Waals surface area contributed by atoms with Crippen molar-refractivity contribution in [3.8, 4) is 0 Å². The van der Waals surface area contributed by atoms with Gasteiger partial charge in [-0.1, -0.05) is 0 Å². The SMILES string of the molecule is CN(C)CCN(C)C(CN)CC(=O)NC1CC1. The van der Waals surface area contributed by atoms with E-state index in [0.29, 0.717) is 19.0 Å². The average molecular weight is 242 g/mol. The smallest absolute Gasteiger partial charge is 0.221 e. The standard InChI is InChI=1S/C12H26N4O/c1-15(2)6-7-16(3)11(9-13)8-12(17)14-10-4-5-10/h10-11H,4-9,13H2,1-3H3,(H,14,17). The molecule has 1 saturated carbocycles. The van der Waals surface area contributed by atoms with Gasteiger partial charge in [-0.25, -0.2) is 0 Å². The van der Waals surface area contributed by atoms with Gasteiger partial charge in [0.1, 0.15) is 0 Å². The van der Waals surface area contributed by atoms with Gasteiger partial charge in [0.2, 0.25) is 5.91 Å². The Morgan fingerprint density at radius 3 is 2.47 bits per heavy atom. The van der Waals surface area contributed by atoms with Crippen LogP contribution in [0.3, 0.4) is 0 Å². The van der Waals surface area contributed by atoms with Gasteiger partial charge >= 0.3 is 0 Å². The van der Waals surface area contributed by atoms with Crippen molar-refractivity contribution >= 4 is 5.91 Å². The lowest BCUT2D eigenvalue weighted by molar-refractivity contribution is -0.122. The van der Waals surface area contributed by atoms with Gasteiger partial charge in [-0.3, -0.25) is 4.79 Å². The highest BCUT2D eigenvalue weighted by atomic mass is 16.1. The number of nitrogens with one attached hydrogen (secondary N) is 1. The summed E-state index contributed by atoms with van der Waals surface area (Å²) >= 11 is 0. The third kappa shape index (κ3) is 6.00. The first kappa shape index (κ1) is 14.4. The van der Waals surface area contributed by atoms with Crippen LogP contribution in [0.15, 0.2) is 0 Å². The van der Waals surface area contributed by atoms with Crippen molar-refractivity contribution in [3.05, 3.63) is 0 Å². The third-order valence-electron chi connectivity index (χ3n) is 3.16. The summed E-state index contributed by atoms with van der Waals surface area (Å²) in [5, 5.41) is 3.01. The number of amides is 1. The fourth-order valence-corrected chi connectivity index (χ4v) is 1.69. The Bertz CT molecular complexity index is 241. The van der Waals surface area contributed by atoms with Gasteiger partial charge < -0.3 is 20.9 Å². The normalized spacial score (nSPS) is 17.5. The quantitative estimate of drug-likeness (QED) is 0.601. The maximum Gasteiger partial charge on any atom is 0.221 e. The molecule has 0 aromatic carbocycles. The van der Waals surface area contributed by atoms with Gasteiger partial charge in [0, 0.05) is 38.1 Å². The summed E-state index contributed by atoms with van der Waals surface area (Å²) in [6.45, 7) is 2.45. The molecule has 1 unspecified atom stereocenters. The highest BCUT2D eigenvalue weighted by molar-refractivity contribution is 5.77. The number of hydrogen-bond acceptors (Lipinski definition) is 4. The first-order valence-corrected chi connectivity index (χ1v) is 6.37. The van der Waals surface area contributed by atoms with Crippen LogP contribution in [0, 0.1) is 0 Å². The maximum absolute atomic E-state index is 11.7. The van der Waals surface area contributed by atoms with Crippen LogP contribution in [0.4, 0.5) is 0 Å². The van der Waals surface area contributed by atoms with Gasteiger partial charge in [-0.15, -0.1) is 0 Å². The molecule has 1 amide bonds. The molecule has 0 aromatic rings. The molecule has 1 fully saturated rings. The van der Waals surface area contributed by atoms with Gasteiger partial charge in [-0.2, -0.15) is 0 Å². The number of hydrogen-bond donors (Lipinski definition) is 2. The van der Waals surface area contributed by atoms with Crippen molar-refractivity contribution in [3.63, 3.8) is 0 Å². The molecule has 100 valence electrons.